The van der Waals surface area contributed by atoms with Crippen LogP contribution in [0, 0.1) is 0 Å². The molecule has 0 saturated carbocycles. The van der Waals surface area contributed by atoms with Gasteiger partial charge in [0.15, 0.2) is 0 Å². The maximum atomic E-state index is 12.2. The van der Waals surface area contributed by atoms with Gasteiger partial charge in [0, 0.05) is 12.1 Å². The fourth-order valence-electron chi connectivity index (χ4n) is 2.66. The fraction of sp³-hybridized carbons (Fsp3) is 0.300. The molecule has 2 rings (SSSR count). The molecule has 12 nitrogen and oxygen atoms in total. The maximum Gasteiger partial charge on any atom is 0.658 e. The van der Waals surface area contributed by atoms with Crippen molar-refractivity contribution in [3.8, 4) is 23.0 Å². The number of benzene rings is 2. The number of sulfonamides is 2. The number of carbonyl (C=O) groups is 2. The summed E-state index contributed by atoms with van der Waals surface area (Å²) in [5, 5.41) is 0. The summed E-state index contributed by atoms with van der Waals surface area (Å²) in [6.45, 7) is 3.80. The Hall–Kier alpha value is -3.46. The number of carbonyl (C=O) groups excluding carboxylic acids is 2. The van der Waals surface area contributed by atoms with Crippen LogP contribution in [-0.2, 0) is 20.0 Å². The van der Waals surface area contributed by atoms with E-state index >= 15 is 0 Å². The van der Waals surface area contributed by atoms with E-state index in [1.54, 1.807) is 13.8 Å². The van der Waals surface area contributed by atoms with Crippen LogP contribution in [0.3, 0.4) is 0 Å². The summed E-state index contributed by atoms with van der Waals surface area (Å²) < 4.78 is 70.7. The molecule has 0 atom stereocenters. The lowest BCUT2D eigenvalue weighted by Gasteiger charge is -2.14. The third-order valence-electron chi connectivity index (χ3n) is 3.92. The molecule has 0 aromatic heterocycles. The second kappa shape index (κ2) is 11.8. The Morgan fingerprint density at radius 2 is 1.11 bits per heavy atom. The molecule has 0 aliphatic rings. The van der Waals surface area contributed by atoms with Crippen LogP contribution in [0.1, 0.15) is 34.6 Å². The Bertz CT molecular complexity index is 1200. The highest BCUT2D eigenvalue weighted by Gasteiger charge is 2.19. The van der Waals surface area contributed by atoms with Gasteiger partial charge in [0.25, 0.3) is 11.8 Å². The van der Waals surface area contributed by atoms with Crippen molar-refractivity contribution in [2.45, 2.75) is 13.8 Å². The normalized spacial score (nSPS) is 11.2. The smallest absolute Gasteiger partial charge is 0.526 e. The first-order valence-corrected chi connectivity index (χ1v) is 13.8. The Kier molecular flexibility index (Phi) is 9.36. The molecule has 189 valence electrons. The van der Waals surface area contributed by atoms with E-state index in [0.717, 1.165) is 20.2 Å². The Balaban J connectivity index is 2.13. The second-order valence-corrected chi connectivity index (χ2v) is 10.4. The van der Waals surface area contributed by atoms with Gasteiger partial charge in [-0.3, -0.25) is 9.59 Å². The zero-order valence-electron chi connectivity index (χ0n) is 19.4. The van der Waals surface area contributed by atoms with Gasteiger partial charge in [0.05, 0.1) is 36.9 Å². The molecule has 0 saturated heterocycles. The molecule has 15 heteroatoms. The molecule has 2 N–H and O–H groups in total. The van der Waals surface area contributed by atoms with Gasteiger partial charge in [-0.15, -0.1) is 0 Å². The molecule has 0 bridgehead atoms. The fourth-order valence-corrected chi connectivity index (χ4v) is 3.55. The zero-order chi connectivity index (χ0) is 26.2. The van der Waals surface area contributed by atoms with Crippen LogP contribution >= 0.6 is 0 Å². The molecule has 0 spiro atoms. The first-order chi connectivity index (χ1) is 16.3. The van der Waals surface area contributed by atoms with Crippen molar-refractivity contribution in [2.75, 3.05) is 25.7 Å². The summed E-state index contributed by atoms with van der Waals surface area (Å²) in [6, 6.07) is 8.23. The molecular formula is C20H24BN2O10S2. The summed E-state index contributed by atoms with van der Waals surface area (Å²) >= 11 is 0. The van der Waals surface area contributed by atoms with Crippen molar-refractivity contribution in [2.24, 2.45) is 0 Å². The summed E-state index contributed by atoms with van der Waals surface area (Å²) in [6.07, 6.45) is 1.72. The minimum atomic E-state index is -3.76. The van der Waals surface area contributed by atoms with Gasteiger partial charge < -0.3 is 18.8 Å². The van der Waals surface area contributed by atoms with Gasteiger partial charge >= 0.3 is 7.69 Å². The Morgan fingerprint density at radius 3 is 1.43 bits per heavy atom. The predicted octanol–water partition coefficient (Wildman–Crippen LogP) is 0.855. The molecule has 0 heterocycles. The lowest BCUT2D eigenvalue weighted by molar-refractivity contribution is 0.0968. The van der Waals surface area contributed by atoms with E-state index < -0.39 is 31.9 Å². The minimum absolute atomic E-state index is 0.00476. The van der Waals surface area contributed by atoms with Crippen LogP contribution in [0.15, 0.2) is 36.4 Å². The van der Waals surface area contributed by atoms with Crippen molar-refractivity contribution in [3.05, 3.63) is 47.5 Å². The average molecular weight is 527 g/mol. The summed E-state index contributed by atoms with van der Waals surface area (Å²) in [5.41, 5.74) is -0.00952. The predicted molar refractivity (Wildman–Crippen MR) is 127 cm³/mol. The summed E-state index contributed by atoms with van der Waals surface area (Å²) in [7, 11) is -6.55. The molecular weight excluding hydrogens is 503 g/mol. The van der Waals surface area contributed by atoms with Gasteiger partial charge in [-0.1, -0.05) is 0 Å². The maximum absolute atomic E-state index is 12.2. The number of nitrogens with one attached hydrogen (secondary N) is 2. The molecule has 2 aromatic carbocycles. The van der Waals surface area contributed by atoms with E-state index in [-0.39, 0.29) is 47.3 Å². The number of rotatable bonds is 12. The van der Waals surface area contributed by atoms with Gasteiger partial charge in [0.1, 0.15) is 23.0 Å². The van der Waals surface area contributed by atoms with Crippen LogP contribution < -0.4 is 28.2 Å². The third kappa shape index (κ3) is 9.01. The van der Waals surface area contributed by atoms with Crippen LogP contribution in [0.5, 0.6) is 23.0 Å². The van der Waals surface area contributed by atoms with Crippen LogP contribution in [0.25, 0.3) is 0 Å². The first kappa shape index (κ1) is 27.8. The molecule has 0 aliphatic carbocycles. The van der Waals surface area contributed by atoms with Crippen molar-refractivity contribution in [1.29, 1.82) is 0 Å². The van der Waals surface area contributed by atoms with Gasteiger partial charge in [0.2, 0.25) is 20.0 Å². The lowest BCUT2D eigenvalue weighted by Crippen LogP contribution is -2.29. The Labute approximate surface area is 204 Å². The van der Waals surface area contributed by atoms with E-state index in [2.05, 4.69) is 0 Å². The zero-order valence-corrected chi connectivity index (χ0v) is 21.0. The molecule has 2 amide bonds. The van der Waals surface area contributed by atoms with Gasteiger partial charge in [-0.2, -0.15) is 0 Å². The first-order valence-electron chi connectivity index (χ1n) is 10.1. The molecule has 0 aliphatic heterocycles. The number of hydrogen-bond acceptors (Lipinski definition) is 10. The van der Waals surface area contributed by atoms with Crippen LogP contribution in [0.4, 0.5) is 0 Å². The standard InChI is InChI=1S/C20H24BN2O10S2/c1-5-30-17-11-13(7-9-15(17)19(24)22-34(3,26)27)32-21-33-14-8-10-16(18(12-14)31-6-2)20(25)23-35(4,28)29/h7-12H,5-6H2,1-4H3,(H,22,24)(H,23,25). The molecule has 0 fully saturated rings. The van der Waals surface area contributed by atoms with Gasteiger partial charge in [-0.25, -0.2) is 26.3 Å². The highest BCUT2D eigenvalue weighted by molar-refractivity contribution is 7.89. The number of hydrogen-bond donors (Lipinski definition) is 2. The van der Waals surface area contributed by atoms with E-state index in [0.29, 0.717) is 0 Å². The lowest BCUT2D eigenvalue weighted by atomic mass is 10.1. The SMILES string of the molecule is CCOc1cc(O[B]Oc2ccc(C(=O)NS(C)(=O)=O)c(OCC)c2)ccc1C(=O)NS(C)(=O)=O. The Morgan fingerprint density at radius 1 is 0.743 bits per heavy atom. The highest BCUT2D eigenvalue weighted by atomic mass is 32.2. The van der Waals surface area contributed by atoms with E-state index in [9.17, 15) is 26.4 Å². The van der Waals surface area contributed by atoms with Crippen molar-refractivity contribution < 1.29 is 45.2 Å². The van der Waals surface area contributed by atoms with Crippen LogP contribution in [-0.4, -0.2) is 62.1 Å². The van der Waals surface area contributed by atoms with E-state index in [4.69, 9.17) is 18.8 Å². The monoisotopic (exact) mass is 527 g/mol. The summed E-state index contributed by atoms with van der Waals surface area (Å²) in [5.74, 6) is -1.08. The number of amides is 2. The van der Waals surface area contributed by atoms with E-state index in [1.807, 2.05) is 9.44 Å². The van der Waals surface area contributed by atoms with Gasteiger partial charge in [-0.05, 0) is 38.1 Å². The van der Waals surface area contributed by atoms with E-state index in [1.165, 1.54) is 36.4 Å². The molecule has 0 unspecified atom stereocenters. The van der Waals surface area contributed by atoms with Crippen LogP contribution in [0.2, 0.25) is 0 Å². The van der Waals surface area contributed by atoms with Crippen molar-refractivity contribution in [1.82, 2.24) is 9.44 Å². The average Bonchev–Trinajstić information content (AvgIpc) is 2.72. The molecule has 1 radical (unpaired) electrons. The third-order valence-corrected chi connectivity index (χ3v) is 5.03. The van der Waals surface area contributed by atoms with Crippen molar-refractivity contribution >= 4 is 39.5 Å². The minimum Gasteiger partial charge on any atom is -0.526 e. The molecule has 35 heavy (non-hydrogen) atoms. The largest absolute Gasteiger partial charge is 0.658 e. The second-order valence-electron chi connectivity index (χ2n) is 6.92. The summed E-state index contributed by atoms with van der Waals surface area (Å²) in [4.78, 5) is 24.4. The quantitative estimate of drug-likeness (QED) is 0.379. The highest BCUT2D eigenvalue weighted by Crippen LogP contribution is 2.27. The number of ether oxygens (including phenoxy) is 2. The topological polar surface area (TPSA) is 163 Å². The molecule has 2 aromatic rings. The van der Waals surface area contributed by atoms with Crippen molar-refractivity contribution in [3.63, 3.8) is 0 Å².